The van der Waals surface area contributed by atoms with Gasteiger partial charge in [0.1, 0.15) is 0 Å². The molecule has 0 aliphatic carbocycles. The minimum absolute atomic E-state index is 0.213. The Morgan fingerprint density at radius 1 is 1.17 bits per heavy atom. The largest absolute Gasteiger partial charge is 0.324 e. The molecule has 0 aliphatic rings. The van der Waals surface area contributed by atoms with Gasteiger partial charge in [0.25, 0.3) is 0 Å². The summed E-state index contributed by atoms with van der Waals surface area (Å²) >= 11 is 0. The average Bonchev–Trinajstić information content (AvgIpc) is 2.50. The lowest BCUT2D eigenvalue weighted by atomic mass is 9.91. The number of nitrogens with two attached hydrogens (primary N) is 1. The first-order valence-corrected chi connectivity index (χ1v) is 8.32. The minimum Gasteiger partial charge on any atom is -0.324 e. The molecular formula is C21H25F2N. The summed E-state index contributed by atoms with van der Waals surface area (Å²) in [5, 5.41) is 0. The van der Waals surface area contributed by atoms with Crippen LogP contribution in [0.15, 0.2) is 42.5 Å². The van der Waals surface area contributed by atoms with Crippen molar-refractivity contribution in [3.8, 4) is 11.1 Å². The molecule has 0 aromatic heterocycles. The van der Waals surface area contributed by atoms with Gasteiger partial charge in [0.05, 0.1) is 0 Å². The highest BCUT2D eigenvalue weighted by Gasteiger charge is 2.19. The van der Waals surface area contributed by atoms with E-state index in [1.165, 1.54) is 6.07 Å². The van der Waals surface area contributed by atoms with Crippen LogP contribution < -0.4 is 5.73 Å². The zero-order valence-electron chi connectivity index (χ0n) is 14.6. The van der Waals surface area contributed by atoms with Crippen molar-refractivity contribution in [3.63, 3.8) is 0 Å². The van der Waals surface area contributed by atoms with E-state index in [4.69, 9.17) is 5.73 Å². The summed E-state index contributed by atoms with van der Waals surface area (Å²) in [6.07, 6.45) is 2.26. The van der Waals surface area contributed by atoms with E-state index < -0.39 is 17.7 Å². The normalized spacial score (nSPS) is 12.2. The molecule has 0 saturated carbocycles. The number of rotatable bonds is 6. The molecule has 1 unspecified atom stereocenters. The maximum atomic E-state index is 14.3. The molecule has 3 heteroatoms. The molecule has 0 bridgehead atoms. The molecule has 2 N–H and O–H groups in total. The van der Waals surface area contributed by atoms with E-state index in [2.05, 4.69) is 13.5 Å². The fraction of sp³-hybridized carbons (Fsp3) is 0.333. The minimum atomic E-state index is -0.860. The van der Waals surface area contributed by atoms with E-state index in [-0.39, 0.29) is 5.56 Å². The smallest absolute Gasteiger partial charge is 0.163 e. The fourth-order valence-electron chi connectivity index (χ4n) is 3.17. The summed E-state index contributed by atoms with van der Waals surface area (Å²) in [7, 11) is 0. The number of halogens is 2. The summed E-state index contributed by atoms with van der Waals surface area (Å²) in [5.74, 6) is -1.72. The summed E-state index contributed by atoms with van der Waals surface area (Å²) in [6, 6.07) is 8.22. The molecule has 0 aliphatic heterocycles. The number of hydrogen-bond donors (Lipinski definition) is 1. The molecule has 0 heterocycles. The molecule has 0 radical (unpaired) electrons. The molecule has 0 fully saturated rings. The second-order valence-corrected chi connectivity index (χ2v) is 6.44. The Bertz CT molecular complexity index is 729. The van der Waals surface area contributed by atoms with Crippen molar-refractivity contribution in [1.29, 1.82) is 0 Å². The third kappa shape index (κ3) is 3.90. The third-order valence-electron chi connectivity index (χ3n) is 4.34. The predicted molar refractivity (Wildman–Crippen MR) is 96.9 cm³/mol. The van der Waals surface area contributed by atoms with E-state index in [0.29, 0.717) is 12.0 Å². The highest BCUT2D eigenvalue weighted by atomic mass is 19.2. The molecule has 1 atom stereocenters. The molecular weight excluding hydrogens is 304 g/mol. The van der Waals surface area contributed by atoms with Crippen LogP contribution in [-0.4, -0.2) is 0 Å². The lowest BCUT2D eigenvalue weighted by Crippen LogP contribution is -2.14. The van der Waals surface area contributed by atoms with Crippen molar-refractivity contribution in [2.45, 2.75) is 46.1 Å². The topological polar surface area (TPSA) is 26.0 Å². The van der Waals surface area contributed by atoms with E-state index in [0.717, 1.165) is 35.1 Å². The van der Waals surface area contributed by atoms with E-state index in [1.54, 1.807) is 6.07 Å². The number of hydrogen-bond acceptors (Lipinski definition) is 1. The first-order valence-electron chi connectivity index (χ1n) is 8.32. The van der Waals surface area contributed by atoms with Crippen LogP contribution in [0.3, 0.4) is 0 Å². The lowest BCUT2D eigenvalue weighted by Gasteiger charge is -2.18. The zero-order valence-corrected chi connectivity index (χ0v) is 14.6. The molecule has 0 amide bonds. The Hall–Kier alpha value is -2.00. The van der Waals surface area contributed by atoms with Crippen LogP contribution in [0.25, 0.3) is 11.1 Å². The van der Waals surface area contributed by atoms with Crippen molar-refractivity contribution in [2.75, 3.05) is 0 Å². The summed E-state index contributed by atoms with van der Waals surface area (Å²) in [5.41, 5.74) is 11.0. The molecule has 128 valence electrons. The molecule has 2 aromatic rings. The van der Waals surface area contributed by atoms with Gasteiger partial charge in [-0.25, -0.2) is 8.78 Å². The van der Waals surface area contributed by atoms with Gasteiger partial charge in [-0.3, -0.25) is 0 Å². The maximum absolute atomic E-state index is 14.3. The van der Waals surface area contributed by atoms with Crippen LogP contribution in [0.1, 0.15) is 48.9 Å². The van der Waals surface area contributed by atoms with Crippen LogP contribution in [0.5, 0.6) is 0 Å². The SMILES string of the molecule is C=C(CCC)CC(N)c1cc(-c2c(C)cccc2C)cc(F)c1F. The average molecular weight is 329 g/mol. The van der Waals surface area contributed by atoms with Gasteiger partial charge >= 0.3 is 0 Å². The van der Waals surface area contributed by atoms with Crippen molar-refractivity contribution in [3.05, 3.63) is 70.8 Å². The van der Waals surface area contributed by atoms with Crippen molar-refractivity contribution in [2.24, 2.45) is 5.73 Å². The van der Waals surface area contributed by atoms with Crippen LogP contribution in [0.4, 0.5) is 8.78 Å². The molecule has 2 aromatic carbocycles. The van der Waals surface area contributed by atoms with Gasteiger partial charge in [-0.1, -0.05) is 43.7 Å². The predicted octanol–water partition coefficient (Wildman–Crippen LogP) is 5.99. The van der Waals surface area contributed by atoms with Crippen molar-refractivity contribution in [1.82, 2.24) is 0 Å². The highest BCUT2D eigenvalue weighted by molar-refractivity contribution is 5.71. The van der Waals surface area contributed by atoms with Gasteiger partial charge in [0, 0.05) is 11.6 Å². The number of benzene rings is 2. The Balaban J connectivity index is 2.47. The third-order valence-corrected chi connectivity index (χ3v) is 4.34. The Kier molecular flexibility index (Phi) is 5.89. The molecule has 0 saturated heterocycles. The monoisotopic (exact) mass is 329 g/mol. The van der Waals surface area contributed by atoms with Crippen LogP contribution >= 0.6 is 0 Å². The Morgan fingerprint density at radius 2 is 1.79 bits per heavy atom. The molecule has 1 nitrogen and oxygen atoms in total. The van der Waals surface area contributed by atoms with Gasteiger partial charge in [0.2, 0.25) is 0 Å². The standard InChI is InChI=1S/C21H25F2N/c1-5-7-13(2)10-19(24)17-11-16(12-18(22)21(17)23)20-14(3)8-6-9-15(20)4/h6,8-9,11-12,19H,2,5,7,10,24H2,1,3-4H3. The maximum Gasteiger partial charge on any atom is 0.163 e. The van der Waals surface area contributed by atoms with Crippen LogP contribution in [0.2, 0.25) is 0 Å². The van der Waals surface area contributed by atoms with Gasteiger partial charge < -0.3 is 5.73 Å². The Morgan fingerprint density at radius 3 is 2.38 bits per heavy atom. The van der Waals surface area contributed by atoms with Crippen LogP contribution in [-0.2, 0) is 0 Å². The second-order valence-electron chi connectivity index (χ2n) is 6.44. The highest BCUT2D eigenvalue weighted by Crippen LogP contribution is 2.33. The summed E-state index contributed by atoms with van der Waals surface area (Å²) in [4.78, 5) is 0. The van der Waals surface area contributed by atoms with Gasteiger partial charge in [-0.15, -0.1) is 0 Å². The van der Waals surface area contributed by atoms with E-state index >= 15 is 0 Å². The summed E-state index contributed by atoms with van der Waals surface area (Å²) in [6.45, 7) is 9.96. The molecule has 2 rings (SSSR count). The quantitative estimate of drug-likeness (QED) is 0.647. The zero-order chi connectivity index (χ0) is 17.9. The Labute approximate surface area is 143 Å². The van der Waals surface area contributed by atoms with Gasteiger partial charge in [-0.2, -0.15) is 0 Å². The molecule has 0 spiro atoms. The first-order chi connectivity index (χ1) is 11.3. The van der Waals surface area contributed by atoms with Gasteiger partial charge in [-0.05, 0) is 61.1 Å². The van der Waals surface area contributed by atoms with E-state index in [9.17, 15) is 8.78 Å². The lowest BCUT2D eigenvalue weighted by molar-refractivity contribution is 0.487. The van der Waals surface area contributed by atoms with E-state index in [1.807, 2.05) is 32.0 Å². The van der Waals surface area contributed by atoms with Crippen molar-refractivity contribution >= 4 is 0 Å². The number of aryl methyl sites for hydroxylation is 2. The van der Waals surface area contributed by atoms with Gasteiger partial charge in [0.15, 0.2) is 11.6 Å². The van der Waals surface area contributed by atoms with Crippen LogP contribution in [0, 0.1) is 25.5 Å². The van der Waals surface area contributed by atoms with Crippen molar-refractivity contribution < 1.29 is 8.78 Å². The fourth-order valence-corrected chi connectivity index (χ4v) is 3.17. The summed E-state index contributed by atoms with van der Waals surface area (Å²) < 4.78 is 28.5. The molecule has 24 heavy (non-hydrogen) atoms. The first kappa shape index (κ1) is 18.3. The second kappa shape index (κ2) is 7.71.